The molecule has 6 heteroatoms. The van der Waals surface area contributed by atoms with Crippen LogP contribution in [0.3, 0.4) is 0 Å². The van der Waals surface area contributed by atoms with Crippen molar-refractivity contribution in [3.8, 4) is 0 Å². The van der Waals surface area contributed by atoms with Crippen LogP contribution in [0.4, 0.5) is 0 Å². The molecule has 94 valence electrons. The molecule has 1 saturated heterocycles. The predicted octanol–water partition coefficient (Wildman–Crippen LogP) is 1.44. The molecule has 0 aromatic carbocycles. The molecule has 0 saturated carbocycles. The van der Waals surface area contributed by atoms with Crippen molar-refractivity contribution in [2.45, 2.75) is 52.7 Å². The first kappa shape index (κ1) is 13.1. The highest BCUT2D eigenvalue weighted by atomic mass is 31.0. The number of hydrogen-bond acceptors (Lipinski definition) is 3. The molecule has 0 N–H and O–H groups in total. The van der Waals surface area contributed by atoms with E-state index in [1.165, 1.54) is 0 Å². The van der Waals surface area contributed by atoms with Gasteiger partial charge in [0.05, 0.1) is 16.9 Å². The van der Waals surface area contributed by atoms with Crippen molar-refractivity contribution in [2.24, 2.45) is 0 Å². The van der Waals surface area contributed by atoms with E-state index in [4.69, 9.17) is 9.31 Å². The second-order valence-corrected chi connectivity index (χ2v) is 6.11. The Bertz CT molecular complexity index is 441. The Balaban J connectivity index is 2.39. The topological polar surface area (TPSA) is 36.3 Å². The van der Waals surface area contributed by atoms with E-state index in [0.717, 1.165) is 16.9 Å². The van der Waals surface area contributed by atoms with E-state index in [-0.39, 0.29) is 18.3 Å². The monoisotopic (exact) mass is 254 g/mol. The molecule has 1 unspecified atom stereocenters. The minimum absolute atomic E-state index is 0.306. The lowest BCUT2D eigenvalue weighted by molar-refractivity contribution is 0.00578. The molecule has 1 aliphatic heterocycles. The van der Waals surface area contributed by atoms with Gasteiger partial charge in [-0.15, -0.1) is 0 Å². The number of rotatable bonds is 1. The maximum Gasteiger partial charge on any atom is 0.498 e. The minimum Gasteiger partial charge on any atom is -0.399 e. The Morgan fingerprint density at radius 1 is 1.12 bits per heavy atom. The quantitative estimate of drug-likeness (QED) is 0.562. The summed E-state index contributed by atoms with van der Waals surface area (Å²) in [5.74, 6) is 0. The molecule has 4 nitrogen and oxygen atoms in total. The van der Waals surface area contributed by atoms with Gasteiger partial charge in [0.2, 0.25) is 0 Å². The van der Waals surface area contributed by atoms with Gasteiger partial charge >= 0.3 is 7.12 Å². The predicted molar refractivity (Wildman–Crippen MR) is 72.5 cm³/mol. The zero-order chi connectivity index (χ0) is 13.0. The summed E-state index contributed by atoms with van der Waals surface area (Å²) in [4.78, 5) is 0. The molecule has 1 aromatic rings. The van der Waals surface area contributed by atoms with Crippen molar-refractivity contribution >= 4 is 22.0 Å². The van der Waals surface area contributed by atoms with Crippen LogP contribution in [0, 0.1) is 13.8 Å². The zero-order valence-electron chi connectivity index (χ0n) is 11.4. The standard InChI is InChI=1S/C11H20BN2O2P/c1-7-9(8(2)14(17)13-7)12-15-10(3,4)11(5,6)16-12/h17H2,1-6H3. The van der Waals surface area contributed by atoms with Crippen LogP contribution < -0.4 is 5.46 Å². The third kappa shape index (κ3) is 1.94. The largest absolute Gasteiger partial charge is 0.498 e. The summed E-state index contributed by atoms with van der Waals surface area (Å²) in [6, 6.07) is 0. The van der Waals surface area contributed by atoms with E-state index in [9.17, 15) is 0 Å². The molecule has 1 atom stereocenters. The molecular weight excluding hydrogens is 234 g/mol. The lowest BCUT2D eigenvalue weighted by Gasteiger charge is -2.32. The molecule has 0 amide bonds. The number of aryl methyl sites for hydroxylation is 1. The first-order valence-electron chi connectivity index (χ1n) is 5.82. The third-order valence-corrected chi connectivity index (χ3v) is 4.37. The van der Waals surface area contributed by atoms with Crippen LogP contribution in [0.15, 0.2) is 0 Å². The van der Waals surface area contributed by atoms with Crippen LogP contribution in [-0.4, -0.2) is 27.9 Å². The lowest BCUT2D eigenvalue weighted by atomic mass is 9.77. The average Bonchev–Trinajstić information content (AvgIpc) is 2.49. The van der Waals surface area contributed by atoms with Gasteiger partial charge in [0, 0.05) is 11.2 Å². The molecule has 2 rings (SSSR count). The van der Waals surface area contributed by atoms with Crippen LogP contribution in [0.5, 0.6) is 0 Å². The third-order valence-electron chi connectivity index (χ3n) is 3.87. The van der Waals surface area contributed by atoms with Crippen molar-refractivity contribution in [3.63, 3.8) is 0 Å². The van der Waals surface area contributed by atoms with Crippen LogP contribution in [0.2, 0.25) is 0 Å². The van der Waals surface area contributed by atoms with Crippen molar-refractivity contribution in [1.29, 1.82) is 0 Å². The minimum atomic E-state index is -0.325. The van der Waals surface area contributed by atoms with E-state index in [1.807, 2.05) is 13.8 Å². The van der Waals surface area contributed by atoms with E-state index in [2.05, 4.69) is 42.2 Å². The summed E-state index contributed by atoms with van der Waals surface area (Å²) >= 11 is 0. The highest BCUT2D eigenvalue weighted by molar-refractivity contribution is 7.14. The Labute approximate surface area is 105 Å². The lowest BCUT2D eigenvalue weighted by Crippen LogP contribution is -2.41. The molecule has 0 spiro atoms. The zero-order valence-corrected chi connectivity index (χ0v) is 12.5. The van der Waals surface area contributed by atoms with E-state index in [1.54, 1.807) is 4.45 Å². The summed E-state index contributed by atoms with van der Waals surface area (Å²) in [6.07, 6.45) is 0. The van der Waals surface area contributed by atoms with Gasteiger partial charge in [-0.3, -0.25) is 4.45 Å². The molecule has 1 aliphatic rings. The van der Waals surface area contributed by atoms with Crippen molar-refractivity contribution < 1.29 is 9.31 Å². The summed E-state index contributed by atoms with van der Waals surface area (Å²) in [6.45, 7) is 12.2. The number of aromatic nitrogens is 2. The van der Waals surface area contributed by atoms with Crippen LogP contribution >= 0.6 is 9.39 Å². The summed E-state index contributed by atoms with van der Waals surface area (Å²) in [5, 5.41) is 4.37. The maximum absolute atomic E-state index is 6.04. The molecule has 0 bridgehead atoms. The van der Waals surface area contributed by atoms with Gasteiger partial charge in [0.25, 0.3) is 0 Å². The second-order valence-electron chi connectivity index (χ2n) is 5.62. The summed E-state index contributed by atoms with van der Waals surface area (Å²) in [5.41, 5.74) is 2.44. The Hall–Kier alpha value is -0.375. The molecule has 2 heterocycles. The van der Waals surface area contributed by atoms with Gasteiger partial charge < -0.3 is 9.31 Å². The Kier molecular flexibility index (Phi) is 2.93. The van der Waals surface area contributed by atoms with Crippen molar-refractivity contribution in [1.82, 2.24) is 9.55 Å². The van der Waals surface area contributed by atoms with E-state index < -0.39 is 0 Å². The van der Waals surface area contributed by atoms with Gasteiger partial charge in [-0.2, -0.15) is 5.10 Å². The highest BCUT2D eigenvalue weighted by Crippen LogP contribution is 2.36. The summed E-state index contributed by atoms with van der Waals surface area (Å²) in [7, 11) is 2.25. The average molecular weight is 254 g/mol. The highest BCUT2D eigenvalue weighted by Gasteiger charge is 2.53. The maximum atomic E-state index is 6.04. The van der Waals surface area contributed by atoms with Crippen LogP contribution in [0.25, 0.3) is 0 Å². The number of nitrogens with zero attached hydrogens (tertiary/aromatic N) is 2. The van der Waals surface area contributed by atoms with E-state index >= 15 is 0 Å². The van der Waals surface area contributed by atoms with Crippen molar-refractivity contribution in [2.75, 3.05) is 0 Å². The molecule has 1 fully saturated rings. The fraction of sp³-hybridized carbons (Fsp3) is 0.727. The van der Waals surface area contributed by atoms with Crippen LogP contribution in [0.1, 0.15) is 39.1 Å². The Morgan fingerprint density at radius 3 is 1.94 bits per heavy atom. The van der Waals surface area contributed by atoms with Crippen molar-refractivity contribution in [3.05, 3.63) is 11.4 Å². The van der Waals surface area contributed by atoms with Gasteiger partial charge in [0.1, 0.15) is 0 Å². The first-order chi connectivity index (χ1) is 7.66. The van der Waals surface area contributed by atoms with Gasteiger partial charge in [0.15, 0.2) is 0 Å². The fourth-order valence-electron chi connectivity index (χ4n) is 1.98. The molecule has 17 heavy (non-hydrogen) atoms. The Morgan fingerprint density at radius 2 is 1.59 bits per heavy atom. The smallest absolute Gasteiger partial charge is 0.399 e. The summed E-state index contributed by atoms with van der Waals surface area (Å²) < 4.78 is 13.9. The van der Waals surface area contributed by atoms with Gasteiger partial charge in [-0.05, 0) is 50.9 Å². The normalized spacial score (nSPS) is 22.2. The molecule has 0 aliphatic carbocycles. The number of hydrogen-bond donors (Lipinski definition) is 0. The molecule has 0 radical (unpaired) electrons. The first-order valence-corrected chi connectivity index (χ1v) is 6.34. The molecule has 1 aromatic heterocycles. The second kappa shape index (κ2) is 3.81. The van der Waals surface area contributed by atoms with E-state index in [0.29, 0.717) is 0 Å². The van der Waals surface area contributed by atoms with Gasteiger partial charge in [-0.25, -0.2) is 0 Å². The van der Waals surface area contributed by atoms with Crippen LogP contribution in [-0.2, 0) is 9.31 Å². The van der Waals surface area contributed by atoms with Gasteiger partial charge in [-0.1, -0.05) is 0 Å². The SMILES string of the molecule is Cc1nn(P)c(C)c1B1OC(C)(C)C(C)(C)O1. The molecular formula is C11H20BN2O2P. The fourth-order valence-corrected chi connectivity index (χ4v) is 2.29.